The molecule has 104 valence electrons. The Labute approximate surface area is 114 Å². The van der Waals surface area contributed by atoms with E-state index in [2.05, 4.69) is 0 Å². The molecule has 0 saturated heterocycles. The summed E-state index contributed by atoms with van der Waals surface area (Å²) < 4.78 is 38.2. The first-order valence-electron chi connectivity index (χ1n) is 6.24. The van der Waals surface area contributed by atoms with Crippen LogP contribution in [0.1, 0.15) is 11.6 Å². The Balaban J connectivity index is 1.85. The maximum atomic E-state index is 13.7. The van der Waals surface area contributed by atoms with E-state index in [1.165, 1.54) is 0 Å². The van der Waals surface area contributed by atoms with Gasteiger partial charge in [-0.15, -0.1) is 0 Å². The standard InChI is InChI=1S/C15H13F2NO2/c16-9-5-6-11(17)10(7-9)15(18)14-8-19-12-3-1-2-4-13(12)20-14/h1-7,14-15H,8,18H2. The minimum atomic E-state index is -0.806. The van der Waals surface area contributed by atoms with Crippen LogP contribution in [0.4, 0.5) is 8.78 Å². The fraction of sp³-hybridized carbons (Fsp3) is 0.200. The highest BCUT2D eigenvalue weighted by Crippen LogP contribution is 2.34. The molecule has 1 heterocycles. The van der Waals surface area contributed by atoms with Crippen LogP contribution < -0.4 is 15.2 Å². The van der Waals surface area contributed by atoms with Crippen LogP contribution in [0.5, 0.6) is 11.5 Å². The molecule has 0 radical (unpaired) electrons. The number of nitrogens with two attached hydrogens (primary N) is 1. The molecule has 1 aliphatic rings. The summed E-state index contributed by atoms with van der Waals surface area (Å²) >= 11 is 0. The zero-order valence-corrected chi connectivity index (χ0v) is 10.6. The minimum absolute atomic E-state index is 0.0815. The second kappa shape index (κ2) is 5.09. The van der Waals surface area contributed by atoms with E-state index in [9.17, 15) is 8.78 Å². The van der Waals surface area contributed by atoms with Crippen molar-refractivity contribution >= 4 is 0 Å². The summed E-state index contributed by atoms with van der Waals surface area (Å²) in [5.41, 5.74) is 6.07. The summed E-state index contributed by atoms with van der Waals surface area (Å²) in [6, 6.07) is 9.55. The predicted octanol–water partition coefficient (Wildman–Crippen LogP) is 2.80. The Morgan fingerprint density at radius 3 is 2.65 bits per heavy atom. The molecule has 0 amide bonds. The Kier molecular flexibility index (Phi) is 3.28. The number of hydrogen-bond donors (Lipinski definition) is 1. The number of ether oxygens (including phenoxy) is 2. The summed E-state index contributed by atoms with van der Waals surface area (Å²) in [5, 5.41) is 0. The van der Waals surface area contributed by atoms with E-state index < -0.39 is 23.8 Å². The topological polar surface area (TPSA) is 44.5 Å². The molecule has 2 N–H and O–H groups in total. The van der Waals surface area contributed by atoms with E-state index in [0.29, 0.717) is 11.5 Å². The number of fused-ring (bicyclic) bond motifs is 1. The highest BCUT2D eigenvalue weighted by atomic mass is 19.1. The van der Waals surface area contributed by atoms with Crippen molar-refractivity contribution in [2.75, 3.05) is 6.61 Å². The van der Waals surface area contributed by atoms with Gasteiger partial charge in [-0.2, -0.15) is 0 Å². The second-order valence-electron chi connectivity index (χ2n) is 4.61. The number of rotatable bonds is 2. The average molecular weight is 277 g/mol. The van der Waals surface area contributed by atoms with Gasteiger partial charge in [-0.05, 0) is 30.3 Å². The van der Waals surface area contributed by atoms with Crippen molar-refractivity contribution in [3.05, 3.63) is 59.7 Å². The number of halogens is 2. The van der Waals surface area contributed by atoms with Crippen LogP contribution in [0.25, 0.3) is 0 Å². The van der Waals surface area contributed by atoms with E-state index in [4.69, 9.17) is 15.2 Å². The van der Waals surface area contributed by atoms with Crippen molar-refractivity contribution in [3.8, 4) is 11.5 Å². The lowest BCUT2D eigenvalue weighted by molar-refractivity contribution is 0.0712. The lowest BCUT2D eigenvalue weighted by Gasteiger charge is -2.30. The van der Waals surface area contributed by atoms with Gasteiger partial charge < -0.3 is 15.2 Å². The van der Waals surface area contributed by atoms with Crippen LogP contribution in [0.3, 0.4) is 0 Å². The van der Waals surface area contributed by atoms with Crippen molar-refractivity contribution in [1.29, 1.82) is 0 Å². The van der Waals surface area contributed by atoms with Crippen LogP contribution in [0, 0.1) is 11.6 Å². The highest BCUT2D eigenvalue weighted by molar-refractivity contribution is 5.41. The van der Waals surface area contributed by atoms with Crippen LogP contribution >= 0.6 is 0 Å². The fourth-order valence-corrected chi connectivity index (χ4v) is 2.18. The molecule has 1 aliphatic heterocycles. The van der Waals surface area contributed by atoms with Gasteiger partial charge in [0, 0.05) is 5.56 Å². The Bertz CT molecular complexity index is 633. The van der Waals surface area contributed by atoms with Crippen LogP contribution in [-0.2, 0) is 0 Å². The van der Waals surface area contributed by atoms with Crippen LogP contribution in [0.15, 0.2) is 42.5 Å². The highest BCUT2D eigenvalue weighted by Gasteiger charge is 2.29. The molecule has 0 spiro atoms. The first-order chi connectivity index (χ1) is 9.65. The van der Waals surface area contributed by atoms with Crippen molar-refractivity contribution in [3.63, 3.8) is 0 Å². The third-order valence-electron chi connectivity index (χ3n) is 3.25. The molecular weight excluding hydrogens is 264 g/mol. The fourth-order valence-electron chi connectivity index (χ4n) is 2.18. The third kappa shape index (κ3) is 2.32. The van der Waals surface area contributed by atoms with Gasteiger partial charge in [0.25, 0.3) is 0 Å². The number of benzene rings is 2. The minimum Gasteiger partial charge on any atom is -0.486 e. The molecule has 2 aromatic rings. The van der Waals surface area contributed by atoms with E-state index in [1.54, 1.807) is 18.2 Å². The lowest BCUT2D eigenvalue weighted by atomic mass is 10.0. The molecule has 2 unspecified atom stereocenters. The summed E-state index contributed by atoms with van der Waals surface area (Å²) in [5.74, 6) is 0.0852. The molecule has 2 aromatic carbocycles. The Hall–Kier alpha value is -2.14. The quantitative estimate of drug-likeness (QED) is 0.918. The molecular formula is C15H13F2NO2. The Morgan fingerprint density at radius 1 is 1.10 bits per heavy atom. The molecule has 20 heavy (non-hydrogen) atoms. The molecule has 5 heteroatoms. The van der Waals surface area contributed by atoms with Gasteiger partial charge >= 0.3 is 0 Å². The summed E-state index contributed by atoms with van der Waals surface area (Å²) in [4.78, 5) is 0. The van der Waals surface area contributed by atoms with Gasteiger partial charge in [-0.3, -0.25) is 0 Å². The molecule has 0 saturated carbocycles. The van der Waals surface area contributed by atoms with E-state index in [0.717, 1.165) is 18.2 Å². The normalized spacial score (nSPS) is 18.6. The summed E-state index contributed by atoms with van der Waals surface area (Å²) in [7, 11) is 0. The molecule has 3 nitrogen and oxygen atoms in total. The van der Waals surface area contributed by atoms with E-state index in [1.807, 2.05) is 6.07 Å². The zero-order valence-electron chi connectivity index (χ0n) is 10.6. The van der Waals surface area contributed by atoms with E-state index >= 15 is 0 Å². The van der Waals surface area contributed by atoms with Crippen molar-refractivity contribution < 1.29 is 18.3 Å². The average Bonchev–Trinajstić information content (AvgIpc) is 2.48. The maximum absolute atomic E-state index is 13.7. The first-order valence-corrected chi connectivity index (χ1v) is 6.24. The third-order valence-corrected chi connectivity index (χ3v) is 3.25. The van der Waals surface area contributed by atoms with Crippen molar-refractivity contribution in [2.24, 2.45) is 5.73 Å². The summed E-state index contributed by atoms with van der Waals surface area (Å²) in [6.07, 6.45) is -0.568. The zero-order chi connectivity index (χ0) is 14.1. The van der Waals surface area contributed by atoms with Gasteiger partial charge in [0.1, 0.15) is 18.2 Å². The molecule has 0 bridgehead atoms. The maximum Gasteiger partial charge on any atom is 0.161 e. The molecule has 0 fully saturated rings. The lowest BCUT2D eigenvalue weighted by Crippen LogP contribution is -2.39. The van der Waals surface area contributed by atoms with Gasteiger partial charge in [0.05, 0.1) is 6.04 Å². The largest absolute Gasteiger partial charge is 0.486 e. The smallest absolute Gasteiger partial charge is 0.161 e. The first kappa shape index (κ1) is 12.9. The number of hydrogen-bond acceptors (Lipinski definition) is 3. The molecule has 0 aliphatic carbocycles. The van der Waals surface area contributed by atoms with Gasteiger partial charge in [-0.1, -0.05) is 12.1 Å². The van der Waals surface area contributed by atoms with E-state index in [-0.39, 0.29) is 12.2 Å². The SMILES string of the molecule is NC(c1cc(F)ccc1F)C1COc2ccccc2O1. The number of para-hydroxylation sites is 2. The summed E-state index contributed by atoms with van der Waals surface area (Å²) in [6.45, 7) is 0.189. The molecule has 0 aromatic heterocycles. The molecule has 3 rings (SSSR count). The Morgan fingerprint density at radius 2 is 1.85 bits per heavy atom. The monoisotopic (exact) mass is 277 g/mol. The van der Waals surface area contributed by atoms with Gasteiger partial charge in [-0.25, -0.2) is 8.78 Å². The van der Waals surface area contributed by atoms with Crippen LogP contribution in [-0.4, -0.2) is 12.7 Å². The second-order valence-corrected chi connectivity index (χ2v) is 4.61. The van der Waals surface area contributed by atoms with Gasteiger partial charge in [0.2, 0.25) is 0 Å². The predicted molar refractivity (Wildman–Crippen MR) is 69.6 cm³/mol. The van der Waals surface area contributed by atoms with Crippen molar-refractivity contribution in [2.45, 2.75) is 12.1 Å². The van der Waals surface area contributed by atoms with Crippen molar-refractivity contribution in [1.82, 2.24) is 0 Å². The molecule has 2 atom stereocenters. The van der Waals surface area contributed by atoms with Crippen LogP contribution in [0.2, 0.25) is 0 Å². The van der Waals surface area contributed by atoms with Gasteiger partial charge in [0.15, 0.2) is 17.6 Å².